The molecule has 0 radical (unpaired) electrons. The van der Waals surface area contributed by atoms with Gasteiger partial charge in [-0.2, -0.15) is 0 Å². The maximum Gasteiger partial charge on any atom is 0.322 e. The summed E-state index contributed by atoms with van der Waals surface area (Å²) in [4.78, 5) is 19.3. The highest BCUT2D eigenvalue weighted by molar-refractivity contribution is 7.98. The van der Waals surface area contributed by atoms with Crippen molar-refractivity contribution in [3.63, 3.8) is 0 Å². The van der Waals surface area contributed by atoms with Crippen LogP contribution in [0.4, 0.5) is 10.5 Å². The zero-order valence-electron chi connectivity index (χ0n) is 16.5. The topological polar surface area (TPSA) is 45.2 Å². The third-order valence-corrected chi connectivity index (χ3v) is 6.28. The number of pyridine rings is 1. The van der Waals surface area contributed by atoms with Crippen molar-refractivity contribution in [3.8, 4) is 0 Å². The van der Waals surface area contributed by atoms with Gasteiger partial charge in [0.15, 0.2) is 0 Å². The minimum atomic E-state index is -0.0229. The average Bonchev–Trinajstić information content (AvgIpc) is 3.23. The van der Waals surface area contributed by atoms with E-state index in [1.54, 1.807) is 18.0 Å². The van der Waals surface area contributed by atoms with Gasteiger partial charge in [-0.25, -0.2) is 9.78 Å². The second-order valence-corrected chi connectivity index (χ2v) is 8.29. The van der Waals surface area contributed by atoms with Gasteiger partial charge >= 0.3 is 6.03 Å². The molecule has 29 heavy (non-hydrogen) atoms. The number of thioether (sulfide) groups is 1. The van der Waals surface area contributed by atoms with Gasteiger partial charge < -0.3 is 10.2 Å². The fourth-order valence-corrected chi connectivity index (χ4v) is 4.62. The molecule has 0 aliphatic carbocycles. The lowest BCUT2D eigenvalue weighted by molar-refractivity contribution is 0.207. The van der Waals surface area contributed by atoms with Crippen LogP contribution in [0.15, 0.2) is 78.0 Å². The Hall–Kier alpha value is -2.79. The Morgan fingerprint density at radius 2 is 2.00 bits per heavy atom. The van der Waals surface area contributed by atoms with Crippen LogP contribution < -0.4 is 5.32 Å². The van der Waals surface area contributed by atoms with Crippen molar-refractivity contribution >= 4 is 23.5 Å². The van der Waals surface area contributed by atoms with E-state index in [0.717, 1.165) is 41.4 Å². The molecule has 3 aromatic rings. The maximum absolute atomic E-state index is 13.0. The summed E-state index contributed by atoms with van der Waals surface area (Å²) in [7, 11) is 0. The Labute approximate surface area is 176 Å². The highest BCUT2D eigenvalue weighted by Gasteiger charge is 2.30. The van der Waals surface area contributed by atoms with Crippen LogP contribution in [0.3, 0.4) is 0 Å². The molecule has 1 fully saturated rings. The normalized spacial score (nSPS) is 16.0. The molecule has 1 atom stereocenters. The molecular weight excluding hydrogens is 378 g/mol. The Balaban J connectivity index is 1.42. The molecule has 1 saturated heterocycles. The van der Waals surface area contributed by atoms with Crippen molar-refractivity contribution in [1.29, 1.82) is 0 Å². The number of carbonyl (C=O) groups excluding carboxylic acids is 1. The summed E-state index contributed by atoms with van der Waals surface area (Å²) in [5, 5.41) is 4.10. The zero-order chi connectivity index (χ0) is 20.1. The molecule has 0 saturated carbocycles. The number of anilines is 1. The van der Waals surface area contributed by atoms with Gasteiger partial charge in [0.1, 0.15) is 0 Å². The molecule has 1 unspecified atom stereocenters. The largest absolute Gasteiger partial charge is 0.322 e. The van der Waals surface area contributed by atoms with Crippen LogP contribution in [0.2, 0.25) is 0 Å². The number of urea groups is 1. The van der Waals surface area contributed by atoms with E-state index >= 15 is 0 Å². The minimum Gasteiger partial charge on any atom is -0.317 e. The molecular formula is C24H25N3OS. The Bertz CT molecular complexity index is 977. The average molecular weight is 404 g/mol. The first-order chi connectivity index (χ1) is 14.2. The first-order valence-electron chi connectivity index (χ1n) is 9.96. The Morgan fingerprint density at radius 3 is 2.83 bits per heavy atom. The van der Waals surface area contributed by atoms with Crippen LogP contribution in [0.1, 0.15) is 35.6 Å². The number of hydrogen-bond acceptors (Lipinski definition) is 3. The maximum atomic E-state index is 13.0. The number of aromatic nitrogens is 1. The number of amides is 2. The predicted molar refractivity (Wildman–Crippen MR) is 119 cm³/mol. The number of hydrogen-bond donors (Lipinski definition) is 1. The van der Waals surface area contributed by atoms with Crippen LogP contribution in [-0.4, -0.2) is 22.5 Å². The van der Waals surface area contributed by atoms with E-state index in [-0.39, 0.29) is 12.1 Å². The molecule has 0 bridgehead atoms. The van der Waals surface area contributed by atoms with E-state index in [1.165, 1.54) is 11.1 Å². The van der Waals surface area contributed by atoms with Gasteiger partial charge in [-0.15, -0.1) is 11.8 Å². The summed E-state index contributed by atoms with van der Waals surface area (Å²) >= 11 is 1.69. The van der Waals surface area contributed by atoms with Crippen molar-refractivity contribution in [3.05, 3.63) is 89.6 Å². The number of rotatable bonds is 5. The van der Waals surface area contributed by atoms with Crippen LogP contribution in [0.5, 0.6) is 0 Å². The number of nitrogens with one attached hydrogen (secondary N) is 1. The first-order valence-corrected chi connectivity index (χ1v) is 11.0. The van der Waals surface area contributed by atoms with E-state index in [2.05, 4.69) is 41.5 Å². The van der Waals surface area contributed by atoms with E-state index in [0.29, 0.717) is 0 Å². The molecule has 5 heteroatoms. The van der Waals surface area contributed by atoms with Gasteiger partial charge in [0.05, 0.1) is 11.1 Å². The molecule has 1 aromatic heterocycles. The first kappa shape index (κ1) is 19.5. The third-order valence-electron chi connectivity index (χ3n) is 5.26. The van der Waals surface area contributed by atoms with Gasteiger partial charge in [-0.1, -0.05) is 42.5 Å². The van der Waals surface area contributed by atoms with Crippen molar-refractivity contribution in [2.24, 2.45) is 0 Å². The predicted octanol–water partition coefficient (Wildman–Crippen LogP) is 6.05. The van der Waals surface area contributed by atoms with E-state index in [4.69, 9.17) is 0 Å². The molecule has 1 aliphatic rings. The lowest BCUT2D eigenvalue weighted by Gasteiger charge is -2.26. The van der Waals surface area contributed by atoms with Gasteiger partial charge in [0, 0.05) is 24.2 Å². The highest BCUT2D eigenvalue weighted by Crippen LogP contribution is 2.34. The molecule has 2 aromatic carbocycles. The highest BCUT2D eigenvalue weighted by atomic mass is 32.2. The van der Waals surface area contributed by atoms with Gasteiger partial charge in [0.2, 0.25) is 0 Å². The van der Waals surface area contributed by atoms with Crippen LogP contribution in [0.25, 0.3) is 0 Å². The number of benzene rings is 2. The quantitative estimate of drug-likeness (QED) is 0.527. The van der Waals surface area contributed by atoms with E-state index in [9.17, 15) is 4.79 Å². The summed E-state index contributed by atoms with van der Waals surface area (Å²) in [6.07, 6.45) is 3.85. The summed E-state index contributed by atoms with van der Waals surface area (Å²) < 4.78 is 0. The lowest BCUT2D eigenvalue weighted by Crippen LogP contribution is -2.34. The van der Waals surface area contributed by atoms with Crippen molar-refractivity contribution in [2.45, 2.75) is 36.6 Å². The van der Waals surface area contributed by atoms with Gasteiger partial charge in [0.25, 0.3) is 0 Å². The fraction of sp³-hybridized carbons (Fsp3) is 0.250. The summed E-state index contributed by atoms with van der Waals surface area (Å²) in [6.45, 7) is 2.91. The lowest BCUT2D eigenvalue weighted by atomic mass is 9.99. The summed E-state index contributed by atoms with van der Waals surface area (Å²) in [5.74, 6) is 0.816. The minimum absolute atomic E-state index is 0.0229. The van der Waals surface area contributed by atoms with E-state index in [1.807, 2.05) is 47.4 Å². The molecule has 2 amide bonds. The van der Waals surface area contributed by atoms with E-state index < -0.39 is 0 Å². The molecule has 4 rings (SSSR count). The summed E-state index contributed by atoms with van der Waals surface area (Å²) in [5.41, 5.74) is 4.49. The molecule has 4 nitrogen and oxygen atoms in total. The zero-order valence-corrected chi connectivity index (χ0v) is 17.4. The monoisotopic (exact) mass is 403 g/mol. The summed E-state index contributed by atoms with van der Waals surface area (Å²) in [6, 6.07) is 22.5. The molecule has 148 valence electrons. The SMILES string of the molecule is Cc1ccccc1C1CCCN1C(=O)Nc1cccc(CSc2ccccn2)c1. The Morgan fingerprint density at radius 1 is 1.14 bits per heavy atom. The number of aryl methyl sites for hydroxylation is 1. The number of nitrogens with zero attached hydrogens (tertiary/aromatic N) is 2. The number of carbonyl (C=O) groups is 1. The Kier molecular flexibility index (Phi) is 6.15. The van der Waals surface area contributed by atoms with Crippen molar-refractivity contribution in [1.82, 2.24) is 9.88 Å². The van der Waals surface area contributed by atoms with Crippen molar-refractivity contribution in [2.75, 3.05) is 11.9 Å². The second kappa shape index (κ2) is 9.14. The smallest absolute Gasteiger partial charge is 0.317 e. The standard InChI is InChI=1S/C24H25N3OS/c1-18-8-2-3-11-21(18)22-12-7-15-27(22)24(28)26-20-10-6-9-19(16-20)17-29-23-13-4-5-14-25-23/h2-6,8-11,13-14,16,22H,7,12,15,17H2,1H3,(H,26,28). The fourth-order valence-electron chi connectivity index (χ4n) is 3.82. The van der Waals surface area contributed by atoms with Crippen LogP contribution in [0, 0.1) is 6.92 Å². The van der Waals surface area contributed by atoms with Crippen LogP contribution >= 0.6 is 11.8 Å². The second-order valence-electron chi connectivity index (χ2n) is 7.30. The molecule has 2 heterocycles. The van der Waals surface area contributed by atoms with Crippen LogP contribution in [-0.2, 0) is 5.75 Å². The van der Waals surface area contributed by atoms with Crippen molar-refractivity contribution < 1.29 is 4.79 Å². The molecule has 1 N–H and O–H groups in total. The van der Waals surface area contributed by atoms with Gasteiger partial charge in [-0.05, 0) is 60.7 Å². The third kappa shape index (κ3) is 4.80. The molecule has 1 aliphatic heterocycles. The molecule has 0 spiro atoms. The van der Waals surface area contributed by atoms with Gasteiger partial charge in [-0.3, -0.25) is 0 Å². The number of likely N-dealkylation sites (tertiary alicyclic amines) is 1.